The summed E-state index contributed by atoms with van der Waals surface area (Å²) in [6.07, 6.45) is 3.80. The molecule has 1 aromatic carbocycles. The maximum atomic E-state index is 13.2. The number of benzene rings is 1. The van der Waals surface area contributed by atoms with Gasteiger partial charge in [0, 0.05) is 18.0 Å². The van der Waals surface area contributed by atoms with Crippen molar-refractivity contribution < 1.29 is 14.3 Å². The number of nitrogens with one attached hydrogen (secondary N) is 1. The second-order valence-electron chi connectivity index (χ2n) is 4.87. The van der Waals surface area contributed by atoms with Crippen molar-refractivity contribution in [1.82, 2.24) is 10.3 Å². The van der Waals surface area contributed by atoms with E-state index in [9.17, 15) is 14.3 Å². The summed E-state index contributed by atoms with van der Waals surface area (Å²) in [7, 11) is 0. The van der Waals surface area contributed by atoms with Gasteiger partial charge in [0.05, 0.1) is 12.6 Å². The molecule has 1 amide bonds. The first kappa shape index (κ1) is 15.1. The molecule has 5 heteroatoms. The molecule has 1 heterocycles. The molecule has 0 aliphatic rings. The van der Waals surface area contributed by atoms with E-state index >= 15 is 0 Å². The summed E-state index contributed by atoms with van der Waals surface area (Å²) in [5.41, 5.74) is 1.93. The van der Waals surface area contributed by atoms with Crippen LogP contribution in [-0.4, -0.2) is 28.6 Å². The van der Waals surface area contributed by atoms with Crippen LogP contribution >= 0.6 is 0 Å². The predicted octanol–water partition coefficient (Wildman–Crippen LogP) is 1.86. The second kappa shape index (κ2) is 6.95. The van der Waals surface area contributed by atoms with E-state index in [2.05, 4.69) is 10.3 Å². The minimum absolute atomic E-state index is 0.192. The average molecular weight is 288 g/mol. The molecule has 0 saturated carbocycles. The minimum Gasteiger partial charge on any atom is -0.394 e. The topological polar surface area (TPSA) is 62.2 Å². The molecule has 0 aliphatic carbocycles. The Morgan fingerprint density at radius 3 is 2.71 bits per heavy atom. The fourth-order valence-corrected chi connectivity index (χ4v) is 2.07. The van der Waals surface area contributed by atoms with Crippen LogP contribution in [0.5, 0.6) is 0 Å². The Bertz CT molecular complexity index is 617. The maximum Gasteiger partial charge on any atom is 0.251 e. The lowest BCUT2D eigenvalue weighted by Gasteiger charge is -2.17. The predicted molar refractivity (Wildman–Crippen MR) is 77.4 cm³/mol. The number of aryl methyl sites for hydroxylation is 1. The van der Waals surface area contributed by atoms with Crippen molar-refractivity contribution in [1.29, 1.82) is 0 Å². The molecule has 0 aliphatic heterocycles. The monoisotopic (exact) mass is 288 g/mol. The third-order valence-electron chi connectivity index (χ3n) is 3.23. The number of hydrogen-bond acceptors (Lipinski definition) is 3. The van der Waals surface area contributed by atoms with Gasteiger partial charge in [-0.05, 0) is 48.7 Å². The van der Waals surface area contributed by atoms with Crippen molar-refractivity contribution in [3.8, 4) is 0 Å². The molecule has 0 bridgehead atoms. The molecule has 21 heavy (non-hydrogen) atoms. The number of carbonyl (C=O) groups excluding carboxylic acids is 1. The van der Waals surface area contributed by atoms with Gasteiger partial charge in [0.1, 0.15) is 5.82 Å². The standard InChI is InChI=1S/C16H17FN2O2/c1-11-2-3-13(17)9-15(11)16(21)19-14(10-20)8-12-4-6-18-7-5-12/h2-7,9,14,20H,8,10H2,1H3,(H,19,21)/t14-/m1/s1. The van der Waals surface area contributed by atoms with Crippen LogP contribution in [0, 0.1) is 12.7 Å². The lowest BCUT2D eigenvalue weighted by atomic mass is 10.1. The van der Waals surface area contributed by atoms with Gasteiger partial charge in [0.15, 0.2) is 0 Å². The molecule has 110 valence electrons. The molecule has 0 saturated heterocycles. The third kappa shape index (κ3) is 4.10. The summed E-state index contributed by atoms with van der Waals surface area (Å²) in [6, 6.07) is 7.28. The first-order valence-corrected chi connectivity index (χ1v) is 6.67. The molecular formula is C16H17FN2O2. The largest absolute Gasteiger partial charge is 0.394 e. The van der Waals surface area contributed by atoms with Gasteiger partial charge in [-0.25, -0.2) is 4.39 Å². The average Bonchev–Trinajstić information content (AvgIpc) is 2.50. The minimum atomic E-state index is -0.458. The highest BCUT2D eigenvalue weighted by Crippen LogP contribution is 2.11. The van der Waals surface area contributed by atoms with Gasteiger partial charge in [-0.2, -0.15) is 0 Å². The fourth-order valence-electron chi connectivity index (χ4n) is 2.07. The van der Waals surface area contributed by atoms with Crippen molar-refractivity contribution in [2.24, 2.45) is 0 Å². The number of halogens is 1. The summed E-state index contributed by atoms with van der Waals surface area (Å²) in [6.45, 7) is 1.55. The molecule has 1 aromatic heterocycles. The molecule has 0 radical (unpaired) electrons. The number of pyridine rings is 1. The van der Waals surface area contributed by atoms with Crippen LogP contribution in [0.3, 0.4) is 0 Å². The first-order chi connectivity index (χ1) is 10.1. The van der Waals surface area contributed by atoms with E-state index in [0.29, 0.717) is 12.0 Å². The Morgan fingerprint density at radius 1 is 1.33 bits per heavy atom. The van der Waals surface area contributed by atoms with Crippen LogP contribution in [0.15, 0.2) is 42.7 Å². The lowest BCUT2D eigenvalue weighted by molar-refractivity contribution is 0.0915. The van der Waals surface area contributed by atoms with Crippen molar-refractivity contribution in [3.63, 3.8) is 0 Å². The Hall–Kier alpha value is -2.27. The maximum absolute atomic E-state index is 13.2. The molecule has 0 spiro atoms. The van der Waals surface area contributed by atoms with Crippen LogP contribution in [-0.2, 0) is 6.42 Å². The van der Waals surface area contributed by atoms with Crippen molar-refractivity contribution in [3.05, 3.63) is 65.2 Å². The summed E-state index contributed by atoms with van der Waals surface area (Å²) in [5, 5.41) is 12.1. The van der Waals surface area contributed by atoms with Gasteiger partial charge < -0.3 is 10.4 Å². The molecule has 0 unspecified atom stereocenters. The Morgan fingerprint density at radius 2 is 2.05 bits per heavy atom. The van der Waals surface area contributed by atoms with Crippen LogP contribution in [0.25, 0.3) is 0 Å². The molecule has 2 aromatic rings. The number of rotatable bonds is 5. The van der Waals surface area contributed by atoms with E-state index in [-0.39, 0.29) is 18.1 Å². The highest BCUT2D eigenvalue weighted by molar-refractivity contribution is 5.95. The highest BCUT2D eigenvalue weighted by Gasteiger charge is 2.15. The van der Waals surface area contributed by atoms with Crippen molar-refractivity contribution in [2.45, 2.75) is 19.4 Å². The van der Waals surface area contributed by atoms with Gasteiger partial charge in [0.25, 0.3) is 5.91 Å². The molecule has 1 atom stereocenters. The van der Waals surface area contributed by atoms with Crippen LogP contribution in [0.4, 0.5) is 4.39 Å². The van der Waals surface area contributed by atoms with Crippen molar-refractivity contribution in [2.75, 3.05) is 6.61 Å². The van der Waals surface area contributed by atoms with E-state index in [4.69, 9.17) is 0 Å². The number of carbonyl (C=O) groups is 1. The van der Waals surface area contributed by atoms with E-state index in [0.717, 1.165) is 5.56 Å². The summed E-state index contributed by atoms with van der Waals surface area (Å²) in [4.78, 5) is 16.1. The number of aliphatic hydroxyl groups excluding tert-OH is 1. The summed E-state index contributed by atoms with van der Waals surface area (Å²) >= 11 is 0. The normalized spacial score (nSPS) is 12.0. The summed E-state index contributed by atoms with van der Waals surface area (Å²) < 4.78 is 13.2. The second-order valence-corrected chi connectivity index (χ2v) is 4.87. The fraction of sp³-hybridized carbons (Fsp3) is 0.250. The first-order valence-electron chi connectivity index (χ1n) is 6.67. The van der Waals surface area contributed by atoms with Crippen LogP contribution < -0.4 is 5.32 Å². The number of hydrogen-bond donors (Lipinski definition) is 2. The van der Waals surface area contributed by atoms with E-state index in [1.165, 1.54) is 12.1 Å². The number of aliphatic hydroxyl groups is 1. The van der Waals surface area contributed by atoms with Gasteiger partial charge in [-0.3, -0.25) is 9.78 Å². The number of nitrogens with zero attached hydrogens (tertiary/aromatic N) is 1. The Labute approximate surface area is 122 Å². The van der Waals surface area contributed by atoms with Gasteiger partial charge >= 0.3 is 0 Å². The number of aromatic nitrogens is 1. The van der Waals surface area contributed by atoms with Gasteiger partial charge in [0.2, 0.25) is 0 Å². The van der Waals surface area contributed by atoms with Gasteiger partial charge in [-0.15, -0.1) is 0 Å². The third-order valence-corrected chi connectivity index (χ3v) is 3.23. The highest BCUT2D eigenvalue weighted by atomic mass is 19.1. The Kier molecular flexibility index (Phi) is 5.00. The SMILES string of the molecule is Cc1ccc(F)cc1C(=O)N[C@@H](CO)Cc1ccncc1. The van der Waals surface area contributed by atoms with E-state index in [1.54, 1.807) is 25.4 Å². The number of amides is 1. The van der Waals surface area contributed by atoms with E-state index < -0.39 is 11.9 Å². The molecular weight excluding hydrogens is 271 g/mol. The quantitative estimate of drug-likeness (QED) is 0.883. The lowest BCUT2D eigenvalue weighted by Crippen LogP contribution is -2.39. The smallest absolute Gasteiger partial charge is 0.251 e. The Balaban J connectivity index is 2.07. The zero-order chi connectivity index (χ0) is 15.2. The van der Waals surface area contributed by atoms with Gasteiger partial charge in [-0.1, -0.05) is 6.07 Å². The zero-order valence-electron chi connectivity index (χ0n) is 11.7. The summed E-state index contributed by atoms with van der Waals surface area (Å²) in [5.74, 6) is -0.847. The zero-order valence-corrected chi connectivity index (χ0v) is 11.7. The van der Waals surface area contributed by atoms with E-state index in [1.807, 2.05) is 12.1 Å². The molecule has 0 fully saturated rings. The molecule has 4 nitrogen and oxygen atoms in total. The van der Waals surface area contributed by atoms with Crippen LogP contribution in [0.2, 0.25) is 0 Å². The molecule has 2 N–H and O–H groups in total. The van der Waals surface area contributed by atoms with Crippen LogP contribution in [0.1, 0.15) is 21.5 Å². The van der Waals surface area contributed by atoms with Crippen molar-refractivity contribution >= 4 is 5.91 Å². The molecule has 2 rings (SSSR count).